The topological polar surface area (TPSA) is 37.4 Å². The van der Waals surface area contributed by atoms with E-state index in [9.17, 15) is 8.42 Å². The fraction of sp³-hybridized carbons (Fsp3) is 0.750. The predicted octanol–water partition coefficient (Wildman–Crippen LogP) is 0.434. The summed E-state index contributed by atoms with van der Waals surface area (Å²) in [4.78, 5) is 0. The van der Waals surface area contributed by atoms with Gasteiger partial charge in [0.2, 0.25) is 10.0 Å². The highest BCUT2D eigenvalue weighted by molar-refractivity contribution is 7.88. The van der Waals surface area contributed by atoms with Gasteiger partial charge in [-0.25, -0.2) is 12.7 Å². The van der Waals surface area contributed by atoms with Gasteiger partial charge in [-0.05, 0) is 6.42 Å². The highest BCUT2D eigenvalue weighted by Gasteiger charge is 2.22. The van der Waals surface area contributed by atoms with E-state index in [1.165, 1.54) is 10.6 Å². The molecule has 0 fully saturated rings. The van der Waals surface area contributed by atoms with E-state index in [1.807, 2.05) is 0 Å². The van der Waals surface area contributed by atoms with Gasteiger partial charge in [0.25, 0.3) is 0 Å². The molecule has 1 atom stereocenters. The van der Waals surface area contributed by atoms with Crippen molar-refractivity contribution in [3.05, 3.63) is 0 Å². The van der Waals surface area contributed by atoms with Gasteiger partial charge < -0.3 is 0 Å². The molecule has 0 aromatic carbocycles. The SMILES string of the molecule is CN(C1CC#CCC1)S(C)(=O)=O. The molecule has 0 saturated heterocycles. The van der Waals surface area contributed by atoms with E-state index in [1.54, 1.807) is 7.05 Å². The van der Waals surface area contributed by atoms with Gasteiger partial charge in [-0.15, -0.1) is 11.8 Å². The molecule has 3 nitrogen and oxygen atoms in total. The zero-order valence-electron chi connectivity index (χ0n) is 7.37. The Morgan fingerprint density at radius 1 is 1.42 bits per heavy atom. The molecule has 0 radical (unpaired) electrons. The van der Waals surface area contributed by atoms with Gasteiger partial charge in [0.05, 0.1) is 6.26 Å². The van der Waals surface area contributed by atoms with Crippen molar-refractivity contribution in [3.8, 4) is 11.8 Å². The molecule has 1 aliphatic carbocycles. The molecular formula is C8H13NO2S. The second-order valence-corrected chi connectivity index (χ2v) is 5.07. The maximum absolute atomic E-state index is 11.1. The minimum Gasteiger partial charge on any atom is -0.213 e. The average molecular weight is 187 g/mol. The van der Waals surface area contributed by atoms with E-state index in [4.69, 9.17) is 0 Å². The molecule has 0 bridgehead atoms. The maximum Gasteiger partial charge on any atom is 0.211 e. The van der Waals surface area contributed by atoms with Crippen LogP contribution in [0.1, 0.15) is 19.3 Å². The first-order chi connectivity index (χ1) is 5.52. The van der Waals surface area contributed by atoms with E-state index in [-0.39, 0.29) is 6.04 Å². The summed E-state index contributed by atoms with van der Waals surface area (Å²) in [6.45, 7) is 0. The van der Waals surface area contributed by atoms with Crippen LogP contribution in [0.4, 0.5) is 0 Å². The largest absolute Gasteiger partial charge is 0.213 e. The Kier molecular flexibility index (Phi) is 2.76. The maximum atomic E-state index is 11.1. The number of hydrogen-bond donors (Lipinski definition) is 0. The Morgan fingerprint density at radius 3 is 2.50 bits per heavy atom. The van der Waals surface area contributed by atoms with E-state index in [2.05, 4.69) is 11.8 Å². The van der Waals surface area contributed by atoms with Gasteiger partial charge in [0.15, 0.2) is 0 Å². The first kappa shape index (κ1) is 9.56. The third-order valence-electron chi connectivity index (χ3n) is 2.10. The van der Waals surface area contributed by atoms with Crippen molar-refractivity contribution in [1.29, 1.82) is 0 Å². The van der Waals surface area contributed by atoms with Gasteiger partial charge in [-0.2, -0.15) is 0 Å². The predicted molar refractivity (Wildman–Crippen MR) is 48.0 cm³/mol. The lowest BCUT2D eigenvalue weighted by atomic mass is 10.0. The Bertz CT molecular complexity index is 310. The third-order valence-corrected chi connectivity index (χ3v) is 3.45. The van der Waals surface area contributed by atoms with Crippen LogP contribution in [0.2, 0.25) is 0 Å². The molecule has 4 heteroatoms. The summed E-state index contributed by atoms with van der Waals surface area (Å²) in [5.74, 6) is 5.88. The molecule has 12 heavy (non-hydrogen) atoms. The van der Waals surface area contributed by atoms with Gasteiger partial charge in [0, 0.05) is 25.9 Å². The van der Waals surface area contributed by atoms with E-state index < -0.39 is 10.0 Å². The molecule has 0 saturated carbocycles. The Labute approximate surface area is 73.8 Å². The van der Waals surface area contributed by atoms with Gasteiger partial charge in [-0.3, -0.25) is 0 Å². The summed E-state index contributed by atoms with van der Waals surface area (Å²) in [5, 5.41) is 0. The second-order valence-electron chi connectivity index (χ2n) is 3.03. The zero-order valence-corrected chi connectivity index (χ0v) is 8.19. The molecule has 68 valence electrons. The quantitative estimate of drug-likeness (QED) is 0.588. The molecule has 1 unspecified atom stereocenters. The van der Waals surface area contributed by atoms with Crippen molar-refractivity contribution in [2.45, 2.75) is 25.3 Å². The number of nitrogens with zero attached hydrogens (tertiary/aromatic N) is 1. The minimum atomic E-state index is -3.04. The molecule has 1 rings (SSSR count). The van der Waals surface area contributed by atoms with Crippen molar-refractivity contribution < 1.29 is 8.42 Å². The van der Waals surface area contributed by atoms with Crippen LogP contribution >= 0.6 is 0 Å². The lowest BCUT2D eigenvalue weighted by Gasteiger charge is -2.25. The standard InChI is InChI=1S/C8H13NO2S/c1-9(12(2,10)11)8-6-4-3-5-7-8/h8H,4,6-7H2,1-2H3. The molecule has 0 spiro atoms. The van der Waals surface area contributed by atoms with Crippen molar-refractivity contribution in [1.82, 2.24) is 4.31 Å². The molecule has 0 aromatic rings. The summed E-state index contributed by atoms with van der Waals surface area (Å²) in [5.41, 5.74) is 0. The first-order valence-corrected chi connectivity index (χ1v) is 5.75. The van der Waals surface area contributed by atoms with Crippen LogP contribution in [0.3, 0.4) is 0 Å². The molecule has 0 N–H and O–H groups in total. The van der Waals surface area contributed by atoms with Crippen molar-refractivity contribution in [3.63, 3.8) is 0 Å². The Hall–Kier alpha value is -0.530. The smallest absolute Gasteiger partial charge is 0.211 e. The van der Waals surface area contributed by atoms with Crippen LogP contribution in [-0.4, -0.2) is 32.1 Å². The Morgan fingerprint density at radius 2 is 2.08 bits per heavy atom. The van der Waals surface area contributed by atoms with Crippen molar-refractivity contribution in [2.24, 2.45) is 0 Å². The van der Waals surface area contributed by atoms with Crippen LogP contribution in [0, 0.1) is 11.8 Å². The number of hydrogen-bond acceptors (Lipinski definition) is 2. The second kappa shape index (κ2) is 3.46. The van der Waals surface area contributed by atoms with Gasteiger partial charge in [0.1, 0.15) is 0 Å². The van der Waals surface area contributed by atoms with Crippen LogP contribution < -0.4 is 0 Å². The first-order valence-electron chi connectivity index (χ1n) is 3.90. The fourth-order valence-corrected chi connectivity index (χ4v) is 1.92. The summed E-state index contributed by atoms with van der Waals surface area (Å²) < 4.78 is 23.6. The summed E-state index contributed by atoms with van der Waals surface area (Å²) >= 11 is 0. The lowest BCUT2D eigenvalue weighted by Crippen LogP contribution is -2.36. The Balaban J connectivity index is 2.67. The third kappa shape index (κ3) is 2.23. The molecule has 0 heterocycles. The van der Waals surface area contributed by atoms with E-state index in [0.717, 1.165) is 12.8 Å². The average Bonchev–Trinajstić information content (AvgIpc) is 2.03. The van der Waals surface area contributed by atoms with Crippen LogP contribution in [0.5, 0.6) is 0 Å². The highest BCUT2D eigenvalue weighted by atomic mass is 32.2. The lowest BCUT2D eigenvalue weighted by molar-refractivity contribution is 0.355. The number of sulfonamides is 1. The van der Waals surface area contributed by atoms with Crippen LogP contribution in [0.15, 0.2) is 0 Å². The molecule has 0 aromatic heterocycles. The van der Waals surface area contributed by atoms with Gasteiger partial charge >= 0.3 is 0 Å². The summed E-state index contributed by atoms with van der Waals surface area (Å²) in [6, 6.07) is 0.0845. The monoisotopic (exact) mass is 187 g/mol. The van der Waals surface area contributed by atoms with E-state index in [0.29, 0.717) is 6.42 Å². The fourth-order valence-electron chi connectivity index (χ4n) is 1.20. The van der Waals surface area contributed by atoms with Crippen LogP contribution in [0.25, 0.3) is 0 Å². The number of rotatable bonds is 2. The minimum absolute atomic E-state index is 0.0845. The van der Waals surface area contributed by atoms with Crippen LogP contribution in [-0.2, 0) is 10.0 Å². The normalized spacial score (nSPS) is 23.4. The van der Waals surface area contributed by atoms with Gasteiger partial charge in [-0.1, -0.05) is 0 Å². The zero-order chi connectivity index (χ0) is 9.19. The molecule has 0 aliphatic heterocycles. The molecule has 0 amide bonds. The molecular weight excluding hydrogens is 174 g/mol. The highest BCUT2D eigenvalue weighted by Crippen LogP contribution is 2.14. The van der Waals surface area contributed by atoms with Crippen molar-refractivity contribution in [2.75, 3.05) is 13.3 Å². The summed E-state index contributed by atoms with van der Waals surface area (Å²) in [6.07, 6.45) is 3.57. The van der Waals surface area contributed by atoms with E-state index >= 15 is 0 Å². The van der Waals surface area contributed by atoms with Crippen molar-refractivity contribution >= 4 is 10.0 Å². The summed E-state index contributed by atoms with van der Waals surface area (Å²) in [7, 11) is -1.42. The molecule has 1 aliphatic rings.